The van der Waals surface area contributed by atoms with E-state index in [1.54, 1.807) is 29.5 Å². The van der Waals surface area contributed by atoms with Crippen molar-refractivity contribution in [2.24, 2.45) is 0 Å². The van der Waals surface area contributed by atoms with Crippen LogP contribution in [0.25, 0.3) is 11.7 Å². The number of fused-ring (bicyclic) bond motifs is 1. The van der Waals surface area contributed by atoms with E-state index in [1.807, 2.05) is 24.4 Å². The summed E-state index contributed by atoms with van der Waals surface area (Å²) in [6.07, 6.45) is 7.52. The summed E-state index contributed by atoms with van der Waals surface area (Å²) in [5.74, 6) is -0.396. The fourth-order valence-corrected chi connectivity index (χ4v) is 5.68. The molecule has 1 amide bonds. The standard InChI is InChI=1S/C22H23ClN4O3S/c1-16-8-9-17(15-19(16)31(29,30)26-12-4-2-5-13-26)24-21(28)11-10-18-22(23)25-20-7-3-6-14-27(18)20/h3,6-11,14-15H,2,4-5,12-13H2,1H3,(H,24,28)/b11-10+. The van der Waals surface area contributed by atoms with Crippen molar-refractivity contribution < 1.29 is 13.2 Å². The number of anilines is 1. The van der Waals surface area contributed by atoms with Gasteiger partial charge in [-0.1, -0.05) is 30.2 Å². The highest BCUT2D eigenvalue weighted by Gasteiger charge is 2.27. The summed E-state index contributed by atoms with van der Waals surface area (Å²) in [7, 11) is -3.59. The second kappa shape index (κ2) is 8.82. The van der Waals surface area contributed by atoms with Gasteiger partial charge < -0.3 is 5.32 Å². The molecule has 1 aromatic carbocycles. The molecule has 4 rings (SSSR count). The largest absolute Gasteiger partial charge is 0.322 e. The molecule has 1 N–H and O–H groups in total. The van der Waals surface area contributed by atoms with Crippen LogP contribution in [0.3, 0.4) is 0 Å². The Morgan fingerprint density at radius 2 is 1.94 bits per heavy atom. The lowest BCUT2D eigenvalue weighted by Gasteiger charge is -2.26. The first-order chi connectivity index (χ1) is 14.9. The SMILES string of the molecule is Cc1ccc(NC(=O)/C=C/c2c(Cl)nc3ccccn23)cc1S(=O)(=O)N1CCCCC1. The molecule has 0 radical (unpaired) electrons. The highest BCUT2D eigenvalue weighted by atomic mass is 35.5. The van der Waals surface area contributed by atoms with Crippen LogP contribution in [-0.4, -0.2) is 41.1 Å². The molecule has 31 heavy (non-hydrogen) atoms. The van der Waals surface area contributed by atoms with Gasteiger partial charge in [0.25, 0.3) is 0 Å². The second-order valence-electron chi connectivity index (χ2n) is 7.48. The molecule has 0 spiro atoms. The molecule has 1 saturated heterocycles. The summed E-state index contributed by atoms with van der Waals surface area (Å²) in [5, 5.41) is 3.03. The molecule has 1 fully saturated rings. The van der Waals surface area contributed by atoms with Gasteiger partial charge in [-0.15, -0.1) is 0 Å². The number of hydrogen-bond donors (Lipinski definition) is 1. The van der Waals surface area contributed by atoms with Crippen LogP contribution in [-0.2, 0) is 14.8 Å². The van der Waals surface area contributed by atoms with E-state index in [4.69, 9.17) is 11.6 Å². The molecule has 0 saturated carbocycles. The Hall–Kier alpha value is -2.68. The van der Waals surface area contributed by atoms with Gasteiger partial charge in [0.15, 0.2) is 5.15 Å². The molecule has 9 heteroatoms. The molecule has 2 aromatic heterocycles. The topological polar surface area (TPSA) is 83.8 Å². The average molecular weight is 459 g/mol. The molecule has 0 bridgehead atoms. The van der Waals surface area contributed by atoms with E-state index in [2.05, 4.69) is 10.3 Å². The van der Waals surface area contributed by atoms with Crippen LogP contribution in [0.4, 0.5) is 5.69 Å². The zero-order chi connectivity index (χ0) is 22.0. The van der Waals surface area contributed by atoms with Crippen molar-refractivity contribution in [1.82, 2.24) is 13.7 Å². The Balaban J connectivity index is 1.54. The van der Waals surface area contributed by atoms with Gasteiger partial charge in [-0.25, -0.2) is 13.4 Å². The van der Waals surface area contributed by atoms with Crippen molar-refractivity contribution in [2.45, 2.75) is 31.1 Å². The van der Waals surface area contributed by atoms with E-state index in [-0.39, 0.29) is 4.90 Å². The first kappa shape index (κ1) is 21.5. The number of nitrogens with zero attached hydrogens (tertiary/aromatic N) is 3. The lowest BCUT2D eigenvalue weighted by atomic mass is 10.2. The summed E-state index contributed by atoms with van der Waals surface area (Å²) in [6, 6.07) is 10.4. The molecule has 3 heterocycles. The minimum Gasteiger partial charge on any atom is -0.322 e. The Kier molecular flexibility index (Phi) is 6.13. The molecule has 0 atom stereocenters. The number of rotatable bonds is 5. The summed E-state index contributed by atoms with van der Waals surface area (Å²) in [5.41, 5.74) is 2.33. The van der Waals surface area contributed by atoms with Crippen molar-refractivity contribution in [1.29, 1.82) is 0 Å². The molecular formula is C22H23ClN4O3S. The fourth-order valence-electron chi connectivity index (χ4n) is 3.67. The number of nitrogens with one attached hydrogen (secondary N) is 1. The summed E-state index contributed by atoms with van der Waals surface area (Å²) in [6.45, 7) is 2.82. The first-order valence-electron chi connectivity index (χ1n) is 10.1. The first-order valence-corrected chi connectivity index (χ1v) is 11.9. The maximum Gasteiger partial charge on any atom is 0.248 e. The number of pyridine rings is 1. The highest BCUT2D eigenvalue weighted by molar-refractivity contribution is 7.89. The van der Waals surface area contributed by atoms with E-state index < -0.39 is 15.9 Å². The van der Waals surface area contributed by atoms with Crippen LogP contribution < -0.4 is 5.32 Å². The third kappa shape index (κ3) is 4.51. The van der Waals surface area contributed by atoms with Crippen LogP contribution in [0.5, 0.6) is 0 Å². The van der Waals surface area contributed by atoms with E-state index in [0.29, 0.717) is 40.8 Å². The van der Waals surface area contributed by atoms with E-state index in [0.717, 1.165) is 19.3 Å². The summed E-state index contributed by atoms with van der Waals surface area (Å²) >= 11 is 6.19. The number of halogens is 1. The van der Waals surface area contributed by atoms with Gasteiger partial charge in [-0.05, 0) is 55.7 Å². The maximum atomic E-state index is 13.1. The average Bonchev–Trinajstić information content (AvgIpc) is 3.09. The predicted octanol–water partition coefficient (Wildman–Crippen LogP) is 4.12. The van der Waals surface area contributed by atoms with Crippen molar-refractivity contribution in [3.8, 4) is 0 Å². The molecule has 162 valence electrons. The predicted molar refractivity (Wildman–Crippen MR) is 122 cm³/mol. The number of aryl methyl sites for hydroxylation is 1. The number of carbonyl (C=O) groups excluding carboxylic acids is 1. The Morgan fingerprint density at radius 3 is 2.71 bits per heavy atom. The van der Waals surface area contributed by atoms with Gasteiger partial charge in [-0.2, -0.15) is 4.31 Å². The Labute approximate surface area is 186 Å². The quantitative estimate of drug-likeness (QED) is 0.583. The zero-order valence-corrected chi connectivity index (χ0v) is 18.7. The number of sulfonamides is 1. The van der Waals surface area contributed by atoms with Crippen LogP contribution in [0.1, 0.15) is 30.5 Å². The summed E-state index contributed by atoms with van der Waals surface area (Å²) in [4.78, 5) is 16.9. The third-order valence-corrected chi connectivity index (χ3v) is 7.62. The van der Waals surface area contributed by atoms with Gasteiger partial charge in [-0.3, -0.25) is 9.20 Å². The maximum absolute atomic E-state index is 13.1. The minimum atomic E-state index is -3.59. The van der Waals surface area contributed by atoms with E-state index in [9.17, 15) is 13.2 Å². The molecule has 1 aliphatic heterocycles. The zero-order valence-electron chi connectivity index (χ0n) is 17.1. The Bertz CT molecular complexity index is 1260. The van der Waals surface area contributed by atoms with Gasteiger partial charge in [0, 0.05) is 31.0 Å². The number of amides is 1. The van der Waals surface area contributed by atoms with Crippen LogP contribution in [0.15, 0.2) is 53.6 Å². The van der Waals surface area contributed by atoms with Gasteiger partial charge in [0.05, 0.1) is 10.6 Å². The second-order valence-corrected chi connectivity index (χ2v) is 9.75. The lowest BCUT2D eigenvalue weighted by Crippen LogP contribution is -2.36. The van der Waals surface area contributed by atoms with Gasteiger partial charge >= 0.3 is 0 Å². The van der Waals surface area contributed by atoms with Crippen molar-refractivity contribution in [3.05, 3.63) is 65.1 Å². The van der Waals surface area contributed by atoms with Crippen LogP contribution >= 0.6 is 11.6 Å². The molecule has 0 aliphatic carbocycles. The molecular weight excluding hydrogens is 436 g/mol. The van der Waals surface area contributed by atoms with Gasteiger partial charge in [0.2, 0.25) is 15.9 Å². The molecule has 1 aliphatic rings. The number of hydrogen-bond acceptors (Lipinski definition) is 4. The molecule has 3 aromatic rings. The normalized spacial score (nSPS) is 15.5. The smallest absolute Gasteiger partial charge is 0.248 e. The minimum absolute atomic E-state index is 0.223. The Morgan fingerprint density at radius 1 is 1.16 bits per heavy atom. The van der Waals surface area contributed by atoms with Crippen LogP contribution in [0.2, 0.25) is 5.15 Å². The number of benzene rings is 1. The van der Waals surface area contributed by atoms with Crippen molar-refractivity contribution >= 4 is 44.9 Å². The number of piperidine rings is 1. The molecule has 0 unspecified atom stereocenters. The number of aromatic nitrogens is 2. The van der Waals surface area contributed by atoms with E-state index >= 15 is 0 Å². The number of carbonyl (C=O) groups is 1. The highest BCUT2D eigenvalue weighted by Crippen LogP contribution is 2.26. The number of imidazole rings is 1. The molecule has 7 nitrogen and oxygen atoms in total. The van der Waals surface area contributed by atoms with E-state index in [1.165, 1.54) is 16.4 Å². The van der Waals surface area contributed by atoms with Gasteiger partial charge in [0.1, 0.15) is 5.65 Å². The van der Waals surface area contributed by atoms with Crippen molar-refractivity contribution in [2.75, 3.05) is 18.4 Å². The summed E-state index contributed by atoms with van der Waals surface area (Å²) < 4.78 is 29.4. The monoisotopic (exact) mass is 458 g/mol. The van der Waals surface area contributed by atoms with Crippen molar-refractivity contribution in [3.63, 3.8) is 0 Å². The van der Waals surface area contributed by atoms with Crippen LogP contribution in [0, 0.1) is 6.92 Å². The fraction of sp³-hybridized carbons (Fsp3) is 0.273. The lowest BCUT2D eigenvalue weighted by molar-refractivity contribution is -0.111. The third-order valence-electron chi connectivity index (χ3n) is 5.30.